The molecule has 2 atom stereocenters. The molecule has 2 rings (SSSR count). The lowest BCUT2D eigenvalue weighted by atomic mass is 9.99. The van der Waals surface area contributed by atoms with Gasteiger partial charge >= 0.3 is 0 Å². The predicted octanol–water partition coefficient (Wildman–Crippen LogP) is 0.435. The van der Waals surface area contributed by atoms with E-state index < -0.39 is 0 Å². The second kappa shape index (κ2) is 6.68. The molecule has 0 spiro atoms. The Kier molecular flexibility index (Phi) is 5.19. The highest BCUT2D eigenvalue weighted by atomic mass is 16.5. The van der Waals surface area contributed by atoms with Gasteiger partial charge in [-0.1, -0.05) is 6.42 Å². The van der Waals surface area contributed by atoms with Gasteiger partial charge in [0.25, 0.3) is 0 Å². The Hall–Kier alpha value is -0.650. The van der Waals surface area contributed by atoms with Crippen molar-refractivity contribution in [3.05, 3.63) is 0 Å². The monoisotopic (exact) mass is 269 g/mol. The van der Waals surface area contributed by atoms with Crippen molar-refractivity contribution < 1.29 is 9.53 Å². The molecule has 0 aromatic carbocycles. The zero-order valence-electron chi connectivity index (χ0n) is 12.2. The molecule has 2 aliphatic rings. The van der Waals surface area contributed by atoms with Crippen LogP contribution in [0.5, 0.6) is 0 Å². The first kappa shape index (κ1) is 14.8. The SMILES string of the molecule is CC(C)N1CCCCC1CN1CC(CN)OCC1=O. The summed E-state index contributed by atoms with van der Waals surface area (Å²) in [5, 5.41) is 0. The van der Waals surface area contributed by atoms with Crippen molar-refractivity contribution in [2.45, 2.75) is 51.3 Å². The fraction of sp³-hybridized carbons (Fsp3) is 0.929. The van der Waals surface area contributed by atoms with E-state index in [-0.39, 0.29) is 18.6 Å². The van der Waals surface area contributed by atoms with Crippen molar-refractivity contribution in [2.75, 3.05) is 32.8 Å². The van der Waals surface area contributed by atoms with Crippen LogP contribution in [0.2, 0.25) is 0 Å². The van der Waals surface area contributed by atoms with Crippen LogP contribution in [0.3, 0.4) is 0 Å². The van der Waals surface area contributed by atoms with Gasteiger partial charge in [0.2, 0.25) is 5.91 Å². The molecule has 2 fully saturated rings. The van der Waals surface area contributed by atoms with E-state index >= 15 is 0 Å². The number of morpholine rings is 1. The standard InChI is InChI=1S/C14H27N3O2/c1-11(2)17-6-4-3-5-12(17)8-16-9-13(7-15)19-10-14(16)18/h11-13H,3-10,15H2,1-2H3. The van der Waals surface area contributed by atoms with Gasteiger partial charge in [-0.15, -0.1) is 0 Å². The molecule has 2 N–H and O–H groups in total. The molecule has 0 aliphatic carbocycles. The first-order chi connectivity index (χ1) is 9.11. The molecule has 2 saturated heterocycles. The topological polar surface area (TPSA) is 58.8 Å². The molecule has 0 bridgehead atoms. The molecular weight excluding hydrogens is 242 g/mol. The van der Waals surface area contributed by atoms with Crippen LogP contribution in [0, 0.1) is 0 Å². The van der Waals surface area contributed by atoms with Gasteiger partial charge in [-0.25, -0.2) is 0 Å². The molecule has 2 heterocycles. The van der Waals surface area contributed by atoms with Crippen molar-refractivity contribution in [3.8, 4) is 0 Å². The van der Waals surface area contributed by atoms with Crippen molar-refractivity contribution in [1.29, 1.82) is 0 Å². The van der Waals surface area contributed by atoms with Gasteiger partial charge in [0.05, 0.1) is 6.10 Å². The Morgan fingerprint density at radius 3 is 2.89 bits per heavy atom. The molecule has 2 unspecified atom stereocenters. The third-order valence-electron chi connectivity index (χ3n) is 4.25. The molecule has 110 valence electrons. The summed E-state index contributed by atoms with van der Waals surface area (Å²) in [6.07, 6.45) is 3.74. The summed E-state index contributed by atoms with van der Waals surface area (Å²) < 4.78 is 5.40. The Balaban J connectivity index is 1.95. The normalized spacial score (nSPS) is 30.1. The van der Waals surface area contributed by atoms with Crippen LogP contribution in [0.4, 0.5) is 0 Å². The van der Waals surface area contributed by atoms with Gasteiger partial charge < -0.3 is 15.4 Å². The Labute approximate surface area is 116 Å². The first-order valence-electron chi connectivity index (χ1n) is 7.47. The summed E-state index contributed by atoms with van der Waals surface area (Å²) in [5.41, 5.74) is 5.65. The zero-order valence-corrected chi connectivity index (χ0v) is 12.2. The summed E-state index contributed by atoms with van der Waals surface area (Å²) in [6, 6.07) is 1.04. The molecule has 19 heavy (non-hydrogen) atoms. The summed E-state index contributed by atoms with van der Waals surface area (Å²) in [7, 11) is 0. The van der Waals surface area contributed by atoms with Crippen LogP contribution in [0.1, 0.15) is 33.1 Å². The highest BCUT2D eigenvalue weighted by molar-refractivity contribution is 5.78. The minimum atomic E-state index is 0.00814. The summed E-state index contributed by atoms with van der Waals surface area (Å²) in [5.74, 6) is 0.110. The van der Waals surface area contributed by atoms with Crippen LogP contribution >= 0.6 is 0 Å². The molecule has 0 aromatic rings. The maximum Gasteiger partial charge on any atom is 0.248 e. The van der Waals surface area contributed by atoms with E-state index in [0.29, 0.717) is 25.2 Å². The molecule has 2 aliphatic heterocycles. The van der Waals surface area contributed by atoms with E-state index in [0.717, 1.165) is 13.1 Å². The van der Waals surface area contributed by atoms with Gasteiger partial charge in [-0.3, -0.25) is 9.69 Å². The van der Waals surface area contributed by atoms with E-state index in [1.54, 1.807) is 0 Å². The highest BCUT2D eigenvalue weighted by Gasteiger charge is 2.31. The van der Waals surface area contributed by atoms with Crippen LogP contribution in [-0.2, 0) is 9.53 Å². The number of likely N-dealkylation sites (tertiary alicyclic amines) is 1. The lowest BCUT2D eigenvalue weighted by molar-refractivity contribution is -0.149. The third-order valence-corrected chi connectivity index (χ3v) is 4.25. The van der Waals surface area contributed by atoms with Gasteiger partial charge in [0, 0.05) is 31.7 Å². The van der Waals surface area contributed by atoms with Gasteiger partial charge in [-0.05, 0) is 33.2 Å². The number of carbonyl (C=O) groups is 1. The van der Waals surface area contributed by atoms with Crippen LogP contribution in [-0.4, -0.2) is 66.7 Å². The fourth-order valence-corrected chi connectivity index (χ4v) is 3.15. The number of amides is 1. The van der Waals surface area contributed by atoms with Gasteiger partial charge in [0.1, 0.15) is 6.61 Å². The van der Waals surface area contributed by atoms with Crippen molar-refractivity contribution >= 4 is 5.91 Å². The van der Waals surface area contributed by atoms with Crippen LogP contribution in [0.15, 0.2) is 0 Å². The first-order valence-corrected chi connectivity index (χ1v) is 7.47. The van der Waals surface area contributed by atoms with E-state index in [1.807, 2.05) is 4.90 Å². The Morgan fingerprint density at radius 1 is 1.42 bits per heavy atom. The van der Waals surface area contributed by atoms with E-state index in [2.05, 4.69) is 18.7 Å². The quantitative estimate of drug-likeness (QED) is 0.804. The number of hydrogen-bond donors (Lipinski definition) is 1. The lowest BCUT2D eigenvalue weighted by Gasteiger charge is -2.42. The molecule has 0 saturated carbocycles. The van der Waals surface area contributed by atoms with E-state index in [4.69, 9.17) is 10.5 Å². The highest BCUT2D eigenvalue weighted by Crippen LogP contribution is 2.21. The number of nitrogens with zero attached hydrogens (tertiary/aromatic N) is 2. The van der Waals surface area contributed by atoms with Crippen molar-refractivity contribution in [1.82, 2.24) is 9.80 Å². The molecule has 5 nitrogen and oxygen atoms in total. The smallest absolute Gasteiger partial charge is 0.248 e. The number of nitrogens with two attached hydrogens (primary N) is 1. The largest absolute Gasteiger partial charge is 0.365 e. The summed E-state index contributed by atoms with van der Waals surface area (Å²) >= 11 is 0. The second-order valence-corrected chi connectivity index (χ2v) is 5.95. The fourth-order valence-electron chi connectivity index (χ4n) is 3.15. The minimum Gasteiger partial charge on any atom is -0.365 e. The summed E-state index contributed by atoms with van der Waals surface area (Å²) in [6.45, 7) is 7.79. The van der Waals surface area contributed by atoms with Crippen molar-refractivity contribution in [3.63, 3.8) is 0 Å². The average Bonchev–Trinajstić information content (AvgIpc) is 2.41. The number of ether oxygens (including phenoxy) is 1. The molecular formula is C14H27N3O2. The van der Waals surface area contributed by atoms with E-state index in [9.17, 15) is 4.79 Å². The molecule has 0 aromatic heterocycles. The van der Waals surface area contributed by atoms with Gasteiger partial charge in [-0.2, -0.15) is 0 Å². The molecule has 0 radical (unpaired) electrons. The minimum absolute atomic E-state index is 0.00814. The Morgan fingerprint density at radius 2 is 2.21 bits per heavy atom. The predicted molar refractivity (Wildman–Crippen MR) is 74.9 cm³/mol. The van der Waals surface area contributed by atoms with E-state index in [1.165, 1.54) is 19.3 Å². The summed E-state index contributed by atoms with van der Waals surface area (Å²) in [4.78, 5) is 16.4. The van der Waals surface area contributed by atoms with Crippen LogP contribution in [0.25, 0.3) is 0 Å². The average molecular weight is 269 g/mol. The maximum atomic E-state index is 11.9. The van der Waals surface area contributed by atoms with Crippen LogP contribution < -0.4 is 5.73 Å². The lowest BCUT2D eigenvalue weighted by Crippen LogP contribution is -2.55. The number of piperidine rings is 1. The molecule has 1 amide bonds. The maximum absolute atomic E-state index is 11.9. The zero-order chi connectivity index (χ0) is 13.8. The number of carbonyl (C=O) groups excluding carboxylic acids is 1. The number of hydrogen-bond acceptors (Lipinski definition) is 4. The third kappa shape index (κ3) is 3.68. The Bertz CT molecular complexity index is 309. The molecule has 5 heteroatoms. The number of rotatable bonds is 4. The van der Waals surface area contributed by atoms with Gasteiger partial charge in [0.15, 0.2) is 0 Å². The second-order valence-electron chi connectivity index (χ2n) is 5.95. The van der Waals surface area contributed by atoms with Crippen molar-refractivity contribution in [2.24, 2.45) is 5.73 Å².